The Balaban J connectivity index is 2.27. The van der Waals surface area contributed by atoms with E-state index in [9.17, 15) is 5.11 Å². The van der Waals surface area contributed by atoms with Crippen molar-refractivity contribution < 1.29 is 5.11 Å². The number of benzene rings is 1. The van der Waals surface area contributed by atoms with Gasteiger partial charge in [0.25, 0.3) is 0 Å². The molecular weight excluding hydrogens is 308 g/mol. The average Bonchev–Trinajstić information content (AvgIpc) is 2.69. The minimum Gasteiger partial charge on any atom is -0.383 e. The predicted octanol–water partition coefficient (Wildman–Crippen LogP) is 4.85. The van der Waals surface area contributed by atoms with Gasteiger partial charge in [-0.2, -0.15) is 0 Å². The molecule has 3 heteroatoms. The van der Waals surface area contributed by atoms with Crippen LogP contribution in [0.4, 0.5) is 0 Å². The van der Waals surface area contributed by atoms with Crippen LogP contribution in [0.2, 0.25) is 0 Å². The van der Waals surface area contributed by atoms with Crippen LogP contribution in [0.5, 0.6) is 0 Å². The molecule has 0 bridgehead atoms. The second-order valence-corrected chi connectivity index (χ2v) is 6.90. The smallest absolute Gasteiger partial charge is 0.113 e. The van der Waals surface area contributed by atoms with Crippen LogP contribution in [-0.2, 0) is 6.42 Å². The van der Waals surface area contributed by atoms with Gasteiger partial charge in [-0.15, -0.1) is 11.3 Å². The van der Waals surface area contributed by atoms with E-state index in [1.807, 2.05) is 25.1 Å². The molecule has 96 valence electrons. The Bertz CT molecular complexity index is 514. The topological polar surface area (TPSA) is 20.2 Å². The standard InChI is InChI=1S/C15H17BrOS/c1-3-5-11-6-4-7-12(9-11)14(17)13-8-10(2)15(16)18-13/h4,6-9,14,17H,3,5H2,1-2H3. The predicted molar refractivity (Wildman–Crippen MR) is 81.3 cm³/mol. The fourth-order valence-corrected chi connectivity index (χ4v) is 3.58. The van der Waals surface area contributed by atoms with Crippen molar-refractivity contribution in [3.63, 3.8) is 0 Å². The Hall–Kier alpha value is -0.640. The molecule has 1 heterocycles. The summed E-state index contributed by atoms with van der Waals surface area (Å²) >= 11 is 5.11. The monoisotopic (exact) mass is 324 g/mol. The maximum absolute atomic E-state index is 10.4. The summed E-state index contributed by atoms with van der Waals surface area (Å²) in [6.45, 7) is 4.22. The van der Waals surface area contributed by atoms with E-state index >= 15 is 0 Å². The number of hydrogen-bond acceptors (Lipinski definition) is 2. The average molecular weight is 325 g/mol. The Labute approximate surface area is 121 Å². The SMILES string of the molecule is CCCc1cccc(C(O)c2cc(C)c(Br)s2)c1. The molecule has 1 nitrogen and oxygen atoms in total. The minimum absolute atomic E-state index is 0.517. The molecule has 2 aromatic rings. The maximum Gasteiger partial charge on any atom is 0.113 e. The maximum atomic E-state index is 10.4. The third-order valence-electron chi connectivity index (χ3n) is 2.95. The van der Waals surface area contributed by atoms with Crippen LogP contribution < -0.4 is 0 Å². The molecule has 1 N–H and O–H groups in total. The molecule has 0 fully saturated rings. The van der Waals surface area contributed by atoms with Crippen molar-refractivity contribution in [1.82, 2.24) is 0 Å². The van der Waals surface area contributed by atoms with E-state index in [2.05, 4.69) is 35.0 Å². The van der Waals surface area contributed by atoms with Gasteiger partial charge in [0.05, 0.1) is 3.79 Å². The number of aryl methyl sites for hydroxylation is 2. The highest BCUT2D eigenvalue weighted by molar-refractivity contribution is 9.11. The fourth-order valence-electron chi connectivity index (χ4n) is 1.99. The van der Waals surface area contributed by atoms with Crippen LogP contribution >= 0.6 is 27.3 Å². The van der Waals surface area contributed by atoms with E-state index in [1.54, 1.807) is 11.3 Å². The van der Waals surface area contributed by atoms with Gasteiger partial charge >= 0.3 is 0 Å². The van der Waals surface area contributed by atoms with Gasteiger partial charge in [0, 0.05) is 4.88 Å². The van der Waals surface area contributed by atoms with Crippen molar-refractivity contribution in [3.05, 3.63) is 55.7 Å². The number of thiophene rings is 1. The lowest BCUT2D eigenvalue weighted by Gasteiger charge is -2.10. The van der Waals surface area contributed by atoms with Crippen LogP contribution in [0.15, 0.2) is 34.1 Å². The lowest BCUT2D eigenvalue weighted by molar-refractivity contribution is 0.224. The summed E-state index contributed by atoms with van der Waals surface area (Å²) in [4.78, 5) is 0.994. The van der Waals surface area contributed by atoms with Crippen molar-refractivity contribution in [2.45, 2.75) is 32.8 Å². The molecule has 0 spiro atoms. The van der Waals surface area contributed by atoms with Crippen LogP contribution in [0.25, 0.3) is 0 Å². The normalized spacial score (nSPS) is 12.7. The summed E-state index contributed by atoms with van der Waals surface area (Å²) in [5.74, 6) is 0. The van der Waals surface area contributed by atoms with Gasteiger partial charge in [-0.3, -0.25) is 0 Å². The Morgan fingerprint density at radius 3 is 2.72 bits per heavy atom. The molecule has 0 aliphatic rings. The van der Waals surface area contributed by atoms with Gasteiger partial charge < -0.3 is 5.11 Å². The zero-order valence-corrected chi connectivity index (χ0v) is 13.0. The highest BCUT2D eigenvalue weighted by atomic mass is 79.9. The summed E-state index contributed by atoms with van der Waals surface area (Å²) in [5.41, 5.74) is 3.45. The molecule has 0 radical (unpaired) electrons. The van der Waals surface area contributed by atoms with E-state index in [0.29, 0.717) is 0 Å². The van der Waals surface area contributed by atoms with Crippen molar-refractivity contribution in [2.75, 3.05) is 0 Å². The molecule has 1 aromatic carbocycles. The molecule has 0 saturated carbocycles. The molecule has 18 heavy (non-hydrogen) atoms. The third-order valence-corrected chi connectivity index (χ3v) is 5.14. The number of hydrogen-bond donors (Lipinski definition) is 1. The van der Waals surface area contributed by atoms with Crippen molar-refractivity contribution in [1.29, 1.82) is 0 Å². The van der Waals surface area contributed by atoms with E-state index in [4.69, 9.17) is 0 Å². The quantitative estimate of drug-likeness (QED) is 0.852. The van der Waals surface area contributed by atoms with Gasteiger partial charge in [-0.05, 0) is 52.0 Å². The molecule has 1 aromatic heterocycles. The third kappa shape index (κ3) is 3.02. The zero-order valence-electron chi connectivity index (χ0n) is 10.6. The van der Waals surface area contributed by atoms with E-state index in [0.717, 1.165) is 27.1 Å². The molecule has 2 rings (SSSR count). The van der Waals surface area contributed by atoms with Crippen LogP contribution in [0.3, 0.4) is 0 Å². The minimum atomic E-state index is -0.517. The van der Waals surface area contributed by atoms with E-state index in [1.165, 1.54) is 11.1 Å². The van der Waals surface area contributed by atoms with E-state index in [-0.39, 0.29) is 0 Å². The zero-order chi connectivity index (χ0) is 13.1. The number of halogens is 1. The van der Waals surface area contributed by atoms with Gasteiger partial charge in [0.1, 0.15) is 6.10 Å². The second-order valence-electron chi connectivity index (χ2n) is 4.50. The molecular formula is C15H17BrOS. The van der Waals surface area contributed by atoms with Crippen LogP contribution in [0.1, 0.15) is 41.0 Å². The summed E-state index contributed by atoms with van der Waals surface area (Å²) in [6, 6.07) is 10.3. The summed E-state index contributed by atoms with van der Waals surface area (Å²) in [5, 5.41) is 10.4. The fraction of sp³-hybridized carbons (Fsp3) is 0.333. The molecule has 0 saturated heterocycles. The van der Waals surface area contributed by atoms with Crippen molar-refractivity contribution >= 4 is 27.3 Å². The molecule has 0 aliphatic heterocycles. The van der Waals surface area contributed by atoms with Crippen LogP contribution in [-0.4, -0.2) is 5.11 Å². The first kappa shape index (κ1) is 13.8. The van der Waals surface area contributed by atoms with Gasteiger partial charge in [0.15, 0.2) is 0 Å². The van der Waals surface area contributed by atoms with E-state index < -0.39 is 6.10 Å². The lowest BCUT2D eigenvalue weighted by atomic mass is 10.0. The summed E-state index contributed by atoms with van der Waals surface area (Å²) in [7, 11) is 0. The molecule has 1 atom stereocenters. The van der Waals surface area contributed by atoms with Gasteiger partial charge in [-0.1, -0.05) is 37.6 Å². The number of aliphatic hydroxyl groups is 1. The molecule has 1 unspecified atom stereocenters. The van der Waals surface area contributed by atoms with Crippen molar-refractivity contribution in [2.24, 2.45) is 0 Å². The number of rotatable bonds is 4. The Morgan fingerprint density at radius 1 is 1.33 bits per heavy atom. The summed E-state index contributed by atoms with van der Waals surface area (Å²) in [6.07, 6.45) is 1.67. The summed E-state index contributed by atoms with van der Waals surface area (Å²) < 4.78 is 1.10. The largest absolute Gasteiger partial charge is 0.383 e. The van der Waals surface area contributed by atoms with Gasteiger partial charge in [-0.25, -0.2) is 0 Å². The first-order valence-corrected chi connectivity index (χ1v) is 7.75. The lowest BCUT2D eigenvalue weighted by Crippen LogP contribution is -1.98. The van der Waals surface area contributed by atoms with Crippen LogP contribution in [0, 0.1) is 6.92 Å². The Kier molecular flexibility index (Phi) is 4.60. The highest BCUT2D eigenvalue weighted by Crippen LogP contribution is 2.34. The molecule has 0 amide bonds. The molecule has 0 aliphatic carbocycles. The second kappa shape index (κ2) is 6.00. The Morgan fingerprint density at radius 2 is 2.11 bits per heavy atom. The first-order chi connectivity index (χ1) is 8.61. The van der Waals surface area contributed by atoms with Gasteiger partial charge in [0.2, 0.25) is 0 Å². The highest BCUT2D eigenvalue weighted by Gasteiger charge is 2.14. The van der Waals surface area contributed by atoms with Crippen molar-refractivity contribution in [3.8, 4) is 0 Å². The first-order valence-electron chi connectivity index (χ1n) is 6.14. The number of aliphatic hydroxyl groups excluding tert-OH is 1.